The van der Waals surface area contributed by atoms with Gasteiger partial charge in [-0.3, -0.25) is 39.0 Å². The van der Waals surface area contributed by atoms with E-state index in [1.54, 1.807) is 0 Å². The zero-order valence-electron chi connectivity index (χ0n) is 18.1. The molecule has 11 nitrogen and oxygen atoms in total. The largest absolute Gasteiger partial charge is 0.483 e. The highest BCUT2D eigenvalue weighted by Crippen LogP contribution is 2.33. The average Bonchev–Trinajstić information content (AvgIpc) is 3.04. The fourth-order valence-corrected chi connectivity index (χ4v) is 3.24. The van der Waals surface area contributed by atoms with Gasteiger partial charge in [0.1, 0.15) is 11.8 Å². The topological polar surface area (TPSA) is 151 Å². The van der Waals surface area contributed by atoms with Crippen LogP contribution in [0.2, 0.25) is 0 Å². The fourth-order valence-electron chi connectivity index (χ4n) is 3.24. The summed E-state index contributed by atoms with van der Waals surface area (Å²) < 4.78 is 5.43. The Morgan fingerprint density at radius 2 is 1.84 bits per heavy atom. The molecule has 3 N–H and O–H groups in total. The number of nitrogens with one attached hydrogen (secondary N) is 3. The highest BCUT2D eigenvalue weighted by Gasteiger charge is 2.46. The van der Waals surface area contributed by atoms with Gasteiger partial charge in [-0.25, -0.2) is 0 Å². The number of amides is 6. The number of hydrogen-bond acceptors (Lipinski definition) is 7. The Hall–Kier alpha value is -3.76. The quantitative estimate of drug-likeness (QED) is 0.488. The molecule has 1 aromatic rings. The summed E-state index contributed by atoms with van der Waals surface area (Å²) in [6.07, 6.45) is 0.167. The molecule has 0 bridgehead atoms. The van der Waals surface area contributed by atoms with E-state index in [4.69, 9.17) is 4.74 Å². The van der Waals surface area contributed by atoms with Crippen LogP contribution in [0.1, 0.15) is 53.8 Å². The molecule has 3 rings (SSSR count). The molecule has 0 radical (unpaired) electrons. The van der Waals surface area contributed by atoms with Gasteiger partial charge in [-0.2, -0.15) is 0 Å². The Morgan fingerprint density at radius 1 is 1.12 bits per heavy atom. The molecular weight excluding hydrogens is 420 g/mol. The van der Waals surface area contributed by atoms with Crippen LogP contribution in [0.4, 0.5) is 0 Å². The minimum Gasteiger partial charge on any atom is -0.483 e. The van der Waals surface area contributed by atoms with Gasteiger partial charge in [0.05, 0.1) is 11.1 Å². The second kappa shape index (κ2) is 11.0. The molecule has 1 unspecified atom stereocenters. The van der Waals surface area contributed by atoms with Gasteiger partial charge in [-0.05, 0) is 18.6 Å². The summed E-state index contributed by atoms with van der Waals surface area (Å²) in [6, 6.07) is 3.28. The van der Waals surface area contributed by atoms with Crippen molar-refractivity contribution in [2.75, 3.05) is 20.2 Å². The first kappa shape index (κ1) is 24.5. The van der Waals surface area contributed by atoms with Gasteiger partial charge in [0.2, 0.25) is 17.7 Å². The van der Waals surface area contributed by atoms with Crippen molar-refractivity contribution >= 4 is 35.4 Å². The van der Waals surface area contributed by atoms with Crippen LogP contribution in [0.3, 0.4) is 0 Å². The zero-order valence-corrected chi connectivity index (χ0v) is 18.1. The van der Waals surface area contributed by atoms with Crippen LogP contribution in [0.5, 0.6) is 5.75 Å². The van der Waals surface area contributed by atoms with Crippen molar-refractivity contribution in [2.24, 2.45) is 0 Å². The summed E-state index contributed by atoms with van der Waals surface area (Å²) in [4.78, 5) is 73.0. The van der Waals surface area contributed by atoms with E-state index in [1.807, 2.05) is 13.8 Å². The Balaban J connectivity index is 0.00000176. The lowest BCUT2D eigenvalue weighted by molar-refractivity contribution is -0.136. The third kappa shape index (κ3) is 5.29. The van der Waals surface area contributed by atoms with E-state index in [-0.39, 0.29) is 48.6 Å². The summed E-state index contributed by atoms with van der Waals surface area (Å²) >= 11 is 0. The minimum absolute atomic E-state index is 0.0173. The normalized spacial score (nSPS) is 17.1. The zero-order chi connectivity index (χ0) is 23.8. The number of hydrogen-bond donors (Lipinski definition) is 3. The van der Waals surface area contributed by atoms with Crippen LogP contribution in [-0.2, 0) is 19.2 Å². The number of benzene rings is 1. The van der Waals surface area contributed by atoms with Crippen molar-refractivity contribution in [3.8, 4) is 5.75 Å². The van der Waals surface area contributed by atoms with Crippen molar-refractivity contribution in [1.29, 1.82) is 0 Å². The van der Waals surface area contributed by atoms with E-state index < -0.39 is 42.2 Å². The Bertz CT molecular complexity index is 944. The minimum atomic E-state index is -1.09. The molecular formula is C21H26N4O7. The number of nitrogens with zero attached hydrogens (tertiary/aromatic N) is 1. The Labute approximate surface area is 184 Å². The van der Waals surface area contributed by atoms with Gasteiger partial charge in [0.15, 0.2) is 6.61 Å². The van der Waals surface area contributed by atoms with Crippen molar-refractivity contribution in [2.45, 2.75) is 39.2 Å². The molecule has 172 valence electrons. The predicted molar refractivity (Wildman–Crippen MR) is 112 cm³/mol. The second-order valence-electron chi connectivity index (χ2n) is 6.69. The molecule has 32 heavy (non-hydrogen) atoms. The molecule has 1 aromatic carbocycles. The Morgan fingerprint density at radius 3 is 2.50 bits per heavy atom. The molecule has 1 saturated heterocycles. The first-order valence-electron chi connectivity index (χ1n) is 10.3. The SMILES string of the molecule is CC.CNC(=O)CCNC(=O)COc1cccc2c1C(=O)N(C1CCC(=O)NC1=O)C2=O. The molecule has 11 heteroatoms. The maximum Gasteiger partial charge on any atom is 0.266 e. The lowest BCUT2D eigenvalue weighted by atomic mass is 10.0. The van der Waals surface area contributed by atoms with E-state index in [2.05, 4.69) is 16.0 Å². The predicted octanol–water partition coefficient (Wildman–Crippen LogP) is -0.255. The van der Waals surface area contributed by atoms with Crippen molar-refractivity contribution < 1.29 is 33.5 Å². The highest BCUT2D eigenvalue weighted by molar-refractivity contribution is 6.24. The van der Waals surface area contributed by atoms with Crippen LogP contribution >= 0.6 is 0 Å². The molecule has 2 aliphatic heterocycles. The standard InChI is InChI=1S/C19H20N4O7.C2H6/c1-20-13(24)7-8-21-15(26)9-30-12-4-2-3-10-16(12)19(29)23(18(10)28)11-5-6-14(25)22-17(11)27;1-2/h2-4,11H,5-9H2,1H3,(H,20,24)(H,21,26)(H,22,25,27);1-2H3. The fraction of sp³-hybridized carbons (Fsp3) is 0.429. The number of piperidine rings is 1. The maximum atomic E-state index is 12.9. The van der Waals surface area contributed by atoms with Gasteiger partial charge in [0, 0.05) is 26.4 Å². The summed E-state index contributed by atoms with van der Waals surface area (Å²) in [5, 5.41) is 7.06. The lowest BCUT2D eigenvalue weighted by Crippen LogP contribution is -2.54. The van der Waals surface area contributed by atoms with Gasteiger partial charge in [0.25, 0.3) is 17.7 Å². The monoisotopic (exact) mass is 446 g/mol. The van der Waals surface area contributed by atoms with Crippen LogP contribution in [0.25, 0.3) is 0 Å². The van der Waals surface area contributed by atoms with Crippen molar-refractivity contribution in [3.63, 3.8) is 0 Å². The van der Waals surface area contributed by atoms with E-state index >= 15 is 0 Å². The lowest BCUT2D eigenvalue weighted by Gasteiger charge is -2.27. The maximum absolute atomic E-state index is 12.9. The summed E-state index contributed by atoms with van der Waals surface area (Å²) in [7, 11) is 1.49. The van der Waals surface area contributed by atoms with E-state index in [0.29, 0.717) is 0 Å². The molecule has 0 aliphatic carbocycles. The first-order valence-corrected chi connectivity index (χ1v) is 10.3. The molecule has 2 heterocycles. The third-order valence-electron chi connectivity index (χ3n) is 4.74. The molecule has 0 saturated carbocycles. The van der Waals surface area contributed by atoms with E-state index in [1.165, 1.54) is 25.2 Å². The highest BCUT2D eigenvalue weighted by atomic mass is 16.5. The number of carbonyl (C=O) groups is 6. The molecule has 1 fully saturated rings. The molecule has 0 aromatic heterocycles. The molecule has 1 atom stereocenters. The van der Waals surface area contributed by atoms with Gasteiger partial charge < -0.3 is 15.4 Å². The number of ether oxygens (including phenoxy) is 1. The number of rotatable bonds is 7. The Kier molecular flexibility index (Phi) is 8.45. The summed E-state index contributed by atoms with van der Waals surface area (Å²) in [6.45, 7) is 3.69. The smallest absolute Gasteiger partial charge is 0.266 e. The van der Waals surface area contributed by atoms with Crippen LogP contribution in [0, 0.1) is 0 Å². The van der Waals surface area contributed by atoms with Gasteiger partial charge in [-0.15, -0.1) is 0 Å². The number of imide groups is 2. The van der Waals surface area contributed by atoms with Crippen LogP contribution < -0.4 is 20.7 Å². The van der Waals surface area contributed by atoms with E-state index in [9.17, 15) is 28.8 Å². The first-order chi connectivity index (χ1) is 15.3. The van der Waals surface area contributed by atoms with Gasteiger partial charge in [-0.1, -0.05) is 19.9 Å². The number of fused-ring (bicyclic) bond motifs is 1. The molecule has 2 aliphatic rings. The van der Waals surface area contributed by atoms with E-state index in [0.717, 1.165) is 4.90 Å². The third-order valence-corrected chi connectivity index (χ3v) is 4.74. The second-order valence-corrected chi connectivity index (χ2v) is 6.69. The van der Waals surface area contributed by atoms with Crippen LogP contribution in [0.15, 0.2) is 18.2 Å². The molecule has 6 amide bonds. The van der Waals surface area contributed by atoms with Crippen molar-refractivity contribution in [3.05, 3.63) is 29.3 Å². The summed E-state index contributed by atoms with van der Waals surface area (Å²) in [5.74, 6) is -3.25. The van der Waals surface area contributed by atoms with Crippen molar-refractivity contribution in [1.82, 2.24) is 20.9 Å². The molecule has 0 spiro atoms. The summed E-state index contributed by atoms with van der Waals surface area (Å²) in [5.41, 5.74) is 0.0209. The number of carbonyl (C=O) groups excluding carboxylic acids is 6. The van der Waals surface area contributed by atoms with Crippen LogP contribution in [-0.4, -0.2) is 66.6 Å². The van der Waals surface area contributed by atoms with Gasteiger partial charge >= 0.3 is 0 Å². The average molecular weight is 446 g/mol.